The number of methoxy groups -OCH3 is 1. The third-order valence-corrected chi connectivity index (χ3v) is 3.55. The van der Waals surface area contributed by atoms with Gasteiger partial charge in [-0.1, -0.05) is 29.3 Å². The van der Waals surface area contributed by atoms with Gasteiger partial charge in [0.2, 0.25) is 0 Å². The fourth-order valence-corrected chi connectivity index (χ4v) is 2.02. The van der Waals surface area contributed by atoms with E-state index in [0.29, 0.717) is 23.1 Å². The average Bonchev–Trinajstić information content (AvgIpc) is 2.89. The number of imidazole rings is 1. The molecule has 0 saturated heterocycles. The second-order valence-corrected chi connectivity index (χ2v) is 5.01. The van der Waals surface area contributed by atoms with Crippen LogP contribution in [0.3, 0.4) is 0 Å². The van der Waals surface area contributed by atoms with Gasteiger partial charge in [0.25, 0.3) is 0 Å². The predicted molar refractivity (Wildman–Crippen MR) is 77.5 cm³/mol. The van der Waals surface area contributed by atoms with Crippen LogP contribution >= 0.6 is 23.2 Å². The summed E-state index contributed by atoms with van der Waals surface area (Å²) in [4.78, 5) is 7.48. The first-order valence-corrected chi connectivity index (χ1v) is 6.62. The number of rotatable bonds is 5. The van der Waals surface area contributed by atoms with Crippen molar-refractivity contribution in [3.05, 3.63) is 40.3 Å². The number of hydrogen-bond acceptors (Lipinski definition) is 3. The zero-order valence-corrected chi connectivity index (χ0v) is 12.0. The summed E-state index contributed by atoms with van der Waals surface area (Å²) < 4.78 is 5.00. The Morgan fingerprint density at radius 1 is 1.37 bits per heavy atom. The normalized spacial score (nSPS) is 12.6. The zero-order chi connectivity index (χ0) is 13.8. The van der Waals surface area contributed by atoms with Crippen molar-refractivity contribution < 1.29 is 4.74 Å². The van der Waals surface area contributed by atoms with Gasteiger partial charge in [-0.2, -0.15) is 0 Å². The van der Waals surface area contributed by atoms with Gasteiger partial charge >= 0.3 is 0 Å². The summed E-state index contributed by atoms with van der Waals surface area (Å²) in [5.41, 5.74) is 7.79. The lowest BCUT2D eigenvalue weighted by Gasteiger charge is -2.07. The highest BCUT2D eigenvalue weighted by molar-refractivity contribution is 6.42. The Labute approximate surface area is 121 Å². The first-order chi connectivity index (χ1) is 9.11. The predicted octanol–water partition coefficient (Wildman–Crippen LogP) is 3.42. The van der Waals surface area contributed by atoms with Crippen LogP contribution in [0.4, 0.5) is 0 Å². The van der Waals surface area contributed by atoms with Crippen molar-refractivity contribution in [1.29, 1.82) is 0 Å². The summed E-state index contributed by atoms with van der Waals surface area (Å²) >= 11 is 11.9. The monoisotopic (exact) mass is 299 g/mol. The van der Waals surface area contributed by atoms with E-state index in [2.05, 4.69) is 9.97 Å². The summed E-state index contributed by atoms with van der Waals surface area (Å²) in [6.07, 6.45) is 2.45. The molecule has 2 aromatic rings. The van der Waals surface area contributed by atoms with Crippen LogP contribution in [-0.2, 0) is 4.74 Å². The van der Waals surface area contributed by atoms with Crippen molar-refractivity contribution in [1.82, 2.24) is 9.97 Å². The van der Waals surface area contributed by atoms with Gasteiger partial charge in [-0.3, -0.25) is 0 Å². The minimum absolute atomic E-state index is 0.170. The Morgan fingerprint density at radius 2 is 2.16 bits per heavy atom. The summed E-state index contributed by atoms with van der Waals surface area (Å²) in [5.74, 6) is 0.734. The summed E-state index contributed by atoms with van der Waals surface area (Å²) in [6.45, 7) is 0.601. The van der Waals surface area contributed by atoms with Crippen molar-refractivity contribution in [3.8, 4) is 11.3 Å². The molecule has 3 N–H and O–H groups in total. The minimum atomic E-state index is -0.170. The molecule has 0 spiro atoms. The molecule has 4 nitrogen and oxygen atoms in total. The molecule has 1 heterocycles. The molecule has 0 fully saturated rings. The van der Waals surface area contributed by atoms with Gasteiger partial charge < -0.3 is 15.5 Å². The molecule has 1 atom stereocenters. The summed E-state index contributed by atoms with van der Waals surface area (Å²) in [5, 5.41) is 1.04. The van der Waals surface area contributed by atoms with Gasteiger partial charge in [0.1, 0.15) is 5.82 Å². The van der Waals surface area contributed by atoms with Crippen LogP contribution in [0, 0.1) is 0 Å². The summed E-state index contributed by atoms with van der Waals surface area (Å²) in [7, 11) is 1.65. The first kappa shape index (κ1) is 14.3. The van der Waals surface area contributed by atoms with E-state index in [9.17, 15) is 0 Å². The fourth-order valence-electron chi connectivity index (χ4n) is 1.72. The van der Waals surface area contributed by atoms with Crippen LogP contribution in [0.25, 0.3) is 11.3 Å². The maximum Gasteiger partial charge on any atom is 0.123 e. The van der Waals surface area contributed by atoms with E-state index in [1.54, 1.807) is 25.4 Å². The summed E-state index contributed by atoms with van der Waals surface area (Å²) in [6, 6.07) is 5.26. The minimum Gasteiger partial charge on any atom is -0.385 e. The van der Waals surface area contributed by atoms with Crippen molar-refractivity contribution in [3.63, 3.8) is 0 Å². The number of H-pyrrole nitrogens is 1. The first-order valence-electron chi connectivity index (χ1n) is 5.86. The molecule has 0 saturated carbocycles. The maximum atomic E-state index is 6.01. The maximum absolute atomic E-state index is 6.01. The molecule has 1 aromatic carbocycles. The smallest absolute Gasteiger partial charge is 0.123 e. The highest BCUT2D eigenvalue weighted by Gasteiger charge is 2.11. The lowest BCUT2D eigenvalue weighted by atomic mass is 10.2. The van der Waals surface area contributed by atoms with Crippen LogP contribution in [0.1, 0.15) is 18.3 Å². The van der Waals surface area contributed by atoms with Crippen LogP contribution in [0.5, 0.6) is 0 Å². The molecule has 19 heavy (non-hydrogen) atoms. The molecule has 0 aliphatic carbocycles. The van der Waals surface area contributed by atoms with E-state index < -0.39 is 0 Å². The third kappa shape index (κ3) is 3.48. The van der Waals surface area contributed by atoms with E-state index in [0.717, 1.165) is 17.1 Å². The number of nitrogens with two attached hydrogens (primary N) is 1. The Morgan fingerprint density at radius 3 is 2.84 bits per heavy atom. The quantitative estimate of drug-likeness (QED) is 0.889. The number of benzene rings is 1. The van der Waals surface area contributed by atoms with Crippen LogP contribution in [0.15, 0.2) is 24.4 Å². The molecule has 1 aromatic heterocycles. The molecule has 1 unspecified atom stereocenters. The molecular formula is C13H15Cl2N3O. The second-order valence-electron chi connectivity index (χ2n) is 4.20. The average molecular weight is 300 g/mol. The number of nitrogens with one attached hydrogen (secondary N) is 1. The topological polar surface area (TPSA) is 63.9 Å². The van der Waals surface area contributed by atoms with E-state index in [1.807, 2.05) is 6.07 Å². The molecule has 6 heteroatoms. The number of aromatic amines is 1. The molecule has 0 amide bonds. The number of nitrogens with zero attached hydrogens (tertiary/aromatic N) is 1. The molecule has 102 valence electrons. The lowest BCUT2D eigenvalue weighted by Crippen LogP contribution is -2.14. The van der Waals surface area contributed by atoms with E-state index in [4.69, 9.17) is 33.7 Å². The molecule has 0 bridgehead atoms. The number of hydrogen-bond donors (Lipinski definition) is 2. The Kier molecular flexibility index (Phi) is 4.82. The van der Waals surface area contributed by atoms with Crippen molar-refractivity contribution in [2.24, 2.45) is 5.73 Å². The van der Waals surface area contributed by atoms with Gasteiger partial charge in [-0.05, 0) is 18.6 Å². The Hall–Kier alpha value is -1.07. The van der Waals surface area contributed by atoms with E-state index >= 15 is 0 Å². The number of aromatic nitrogens is 2. The van der Waals surface area contributed by atoms with Crippen LogP contribution < -0.4 is 5.73 Å². The van der Waals surface area contributed by atoms with Crippen molar-refractivity contribution in [2.45, 2.75) is 12.5 Å². The van der Waals surface area contributed by atoms with Crippen molar-refractivity contribution in [2.75, 3.05) is 13.7 Å². The standard InChI is InChI=1S/C13H15Cl2N3O/c1-19-5-4-11(16)13-17-7-12(18-13)8-2-3-9(14)10(15)6-8/h2-3,6-7,11H,4-5,16H2,1H3,(H,17,18). The van der Waals surface area contributed by atoms with Gasteiger partial charge in [-0.15, -0.1) is 0 Å². The van der Waals surface area contributed by atoms with Gasteiger partial charge in [-0.25, -0.2) is 4.98 Å². The molecule has 0 aliphatic rings. The van der Waals surface area contributed by atoms with Gasteiger partial charge in [0, 0.05) is 19.3 Å². The Bertz CT molecular complexity index is 557. The largest absolute Gasteiger partial charge is 0.385 e. The van der Waals surface area contributed by atoms with Crippen LogP contribution in [0.2, 0.25) is 10.0 Å². The number of halogens is 2. The SMILES string of the molecule is COCCC(N)c1ncc(-c2ccc(Cl)c(Cl)c2)[nH]1. The highest BCUT2D eigenvalue weighted by Crippen LogP contribution is 2.28. The molecule has 0 aliphatic heterocycles. The second kappa shape index (κ2) is 6.39. The number of ether oxygens (including phenoxy) is 1. The van der Waals surface area contributed by atoms with Crippen molar-refractivity contribution >= 4 is 23.2 Å². The molecular weight excluding hydrogens is 285 g/mol. The van der Waals surface area contributed by atoms with Gasteiger partial charge in [0.15, 0.2) is 0 Å². The van der Waals surface area contributed by atoms with E-state index in [1.165, 1.54) is 0 Å². The third-order valence-electron chi connectivity index (χ3n) is 2.81. The fraction of sp³-hybridized carbons (Fsp3) is 0.308. The lowest BCUT2D eigenvalue weighted by molar-refractivity contribution is 0.187. The van der Waals surface area contributed by atoms with Gasteiger partial charge in [0.05, 0.1) is 28.0 Å². The van der Waals surface area contributed by atoms with Crippen LogP contribution in [-0.4, -0.2) is 23.7 Å². The Balaban J connectivity index is 2.18. The molecule has 2 rings (SSSR count). The molecule has 0 radical (unpaired) electrons. The van der Waals surface area contributed by atoms with E-state index in [-0.39, 0.29) is 6.04 Å². The zero-order valence-electron chi connectivity index (χ0n) is 10.5. The highest BCUT2D eigenvalue weighted by atomic mass is 35.5.